The van der Waals surface area contributed by atoms with Gasteiger partial charge < -0.3 is 10.4 Å². The second-order valence-electron chi connectivity index (χ2n) is 4.58. The van der Waals surface area contributed by atoms with Crippen LogP contribution in [-0.2, 0) is 0 Å². The molecule has 0 aromatic heterocycles. The first-order valence-corrected chi connectivity index (χ1v) is 6.91. The Hall–Kier alpha value is 0.270. The van der Waals surface area contributed by atoms with Crippen LogP contribution in [-0.4, -0.2) is 35.3 Å². The van der Waals surface area contributed by atoms with Crippen molar-refractivity contribution in [3.63, 3.8) is 0 Å². The molecule has 2 aliphatic rings. The van der Waals surface area contributed by atoms with Crippen molar-refractivity contribution in [2.75, 3.05) is 18.8 Å². The normalized spacial score (nSPS) is 34.9. The van der Waals surface area contributed by atoms with Gasteiger partial charge in [-0.1, -0.05) is 19.3 Å². The van der Waals surface area contributed by atoms with Crippen LogP contribution in [0.2, 0.25) is 0 Å². The van der Waals surface area contributed by atoms with E-state index in [1.807, 2.05) is 0 Å². The molecule has 14 heavy (non-hydrogen) atoms. The van der Waals surface area contributed by atoms with Crippen LogP contribution in [0.25, 0.3) is 0 Å². The van der Waals surface area contributed by atoms with Gasteiger partial charge >= 0.3 is 0 Å². The molecular weight excluding hydrogens is 194 g/mol. The van der Waals surface area contributed by atoms with Crippen molar-refractivity contribution in [2.24, 2.45) is 5.92 Å². The molecular formula is C11H21NOS. The minimum Gasteiger partial charge on any atom is -0.391 e. The number of aliphatic hydroxyl groups is 1. The molecule has 1 saturated carbocycles. The SMILES string of the molecule is OC1CNCC1CSC1CCCCC1. The van der Waals surface area contributed by atoms with Gasteiger partial charge in [-0.15, -0.1) is 0 Å². The second kappa shape index (κ2) is 5.38. The Bertz CT molecular complexity index is 171. The van der Waals surface area contributed by atoms with Gasteiger partial charge in [-0.25, -0.2) is 0 Å². The molecule has 2 atom stereocenters. The smallest absolute Gasteiger partial charge is 0.0712 e. The molecule has 2 nitrogen and oxygen atoms in total. The number of nitrogens with one attached hydrogen (secondary N) is 1. The highest BCUT2D eigenvalue weighted by molar-refractivity contribution is 7.99. The summed E-state index contributed by atoms with van der Waals surface area (Å²) in [6.07, 6.45) is 6.99. The molecule has 2 unspecified atom stereocenters. The summed E-state index contributed by atoms with van der Waals surface area (Å²) < 4.78 is 0. The van der Waals surface area contributed by atoms with Gasteiger partial charge in [-0.2, -0.15) is 11.8 Å². The molecule has 0 radical (unpaired) electrons. The van der Waals surface area contributed by atoms with Crippen molar-refractivity contribution in [2.45, 2.75) is 43.5 Å². The van der Waals surface area contributed by atoms with E-state index in [-0.39, 0.29) is 6.10 Å². The molecule has 1 aliphatic carbocycles. The maximum atomic E-state index is 9.64. The zero-order valence-corrected chi connectivity index (χ0v) is 9.56. The molecule has 0 spiro atoms. The van der Waals surface area contributed by atoms with E-state index in [1.54, 1.807) is 0 Å². The van der Waals surface area contributed by atoms with E-state index in [0.717, 1.165) is 24.1 Å². The van der Waals surface area contributed by atoms with Crippen LogP contribution in [0.4, 0.5) is 0 Å². The first-order valence-electron chi connectivity index (χ1n) is 5.86. The zero-order valence-electron chi connectivity index (χ0n) is 8.74. The summed E-state index contributed by atoms with van der Waals surface area (Å²) in [6, 6.07) is 0. The lowest BCUT2D eigenvalue weighted by Gasteiger charge is -2.23. The summed E-state index contributed by atoms with van der Waals surface area (Å²) in [5.41, 5.74) is 0. The van der Waals surface area contributed by atoms with Crippen molar-refractivity contribution in [1.82, 2.24) is 5.32 Å². The lowest BCUT2D eigenvalue weighted by Crippen LogP contribution is -2.21. The molecule has 1 heterocycles. The van der Waals surface area contributed by atoms with Crippen LogP contribution in [0.5, 0.6) is 0 Å². The summed E-state index contributed by atoms with van der Waals surface area (Å²) in [5.74, 6) is 1.65. The molecule has 1 saturated heterocycles. The molecule has 0 aromatic carbocycles. The fraction of sp³-hybridized carbons (Fsp3) is 1.00. The van der Waals surface area contributed by atoms with Gasteiger partial charge in [0.25, 0.3) is 0 Å². The molecule has 1 aliphatic heterocycles. The highest BCUT2D eigenvalue weighted by Gasteiger charge is 2.26. The van der Waals surface area contributed by atoms with Crippen LogP contribution in [0.15, 0.2) is 0 Å². The van der Waals surface area contributed by atoms with Crippen molar-refractivity contribution < 1.29 is 5.11 Å². The minimum absolute atomic E-state index is 0.0916. The molecule has 82 valence electrons. The topological polar surface area (TPSA) is 32.3 Å². The Kier molecular flexibility index (Phi) is 4.14. The van der Waals surface area contributed by atoms with Gasteiger partial charge in [-0.05, 0) is 12.8 Å². The Labute approximate surface area is 90.8 Å². The quantitative estimate of drug-likeness (QED) is 0.750. The average Bonchev–Trinajstić information content (AvgIpc) is 2.63. The molecule has 3 heteroatoms. The number of β-amino-alcohol motifs (C(OH)–C–C–N with tert-alkyl or cyclic N) is 1. The van der Waals surface area contributed by atoms with E-state index < -0.39 is 0 Å². The maximum absolute atomic E-state index is 9.64. The first-order chi connectivity index (χ1) is 6.86. The zero-order chi connectivity index (χ0) is 9.80. The summed E-state index contributed by atoms with van der Waals surface area (Å²) in [7, 11) is 0. The van der Waals surface area contributed by atoms with E-state index in [2.05, 4.69) is 17.1 Å². The van der Waals surface area contributed by atoms with Gasteiger partial charge in [0, 0.05) is 30.0 Å². The van der Waals surface area contributed by atoms with E-state index in [1.165, 1.54) is 32.1 Å². The lowest BCUT2D eigenvalue weighted by molar-refractivity contribution is 0.158. The molecule has 0 amide bonds. The number of hydrogen-bond acceptors (Lipinski definition) is 3. The van der Waals surface area contributed by atoms with Crippen molar-refractivity contribution >= 4 is 11.8 Å². The predicted octanol–water partition coefficient (Wildman–Crippen LogP) is 1.63. The molecule has 2 fully saturated rings. The molecule has 2 N–H and O–H groups in total. The van der Waals surface area contributed by atoms with Crippen molar-refractivity contribution in [3.05, 3.63) is 0 Å². The second-order valence-corrected chi connectivity index (χ2v) is 5.91. The average molecular weight is 215 g/mol. The molecule has 0 bridgehead atoms. The summed E-state index contributed by atoms with van der Waals surface area (Å²) in [4.78, 5) is 0. The van der Waals surface area contributed by atoms with Crippen LogP contribution < -0.4 is 5.32 Å². The Morgan fingerprint density at radius 2 is 1.93 bits per heavy atom. The van der Waals surface area contributed by atoms with Gasteiger partial charge in [0.2, 0.25) is 0 Å². The fourth-order valence-electron chi connectivity index (χ4n) is 2.38. The van der Waals surface area contributed by atoms with Crippen LogP contribution in [0.3, 0.4) is 0 Å². The van der Waals surface area contributed by atoms with E-state index in [9.17, 15) is 5.11 Å². The minimum atomic E-state index is -0.0916. The lowest BCUT2D eigenvalue weighted by atomic mass is 10.0. The monoisotopic (exact) mass is 215 g/mol. The number of hydrogen-bond donors (Lipinski definition) is 2. The third-order valence-corrected chi connectivity index (χ3v) is 4.97. The van der Waals surface area contributed by atoms with Crippen molar-refractivity contribution in [1.29, 1.82) is 0 Å². The van der Waals surface area contributed by atoms with Gasteiger partial charge in [0.05, 0.1) is 6.10 Å². The third kappa shape index (κ3) is 2.88. The predicted molar refractivity (Wildman–Crippen MR) is 61.7 cm³/mol. The first kappa shape index (κ1) is 10.8. The standard InChI is InChI=1S/C11H21NOS/c13-11-7-12-6-9(11)8-14-10-4-2-1-3-5-10/h9-13H,1-8H2. The number of aliphatic hydroxyl groups excluding tert-OH is 1. The number of rotatable bonds is 3. The third-order valence-electron chi connectivity index (χ3n) is 3.40. The highest BCUT2D eigenvalue weighted by Crippen LogP contribution is 2.30. The van der Waals surface area contributed by atoms with E-state index in [4.69, 9.17) is 0 Å². The summed E-state index contributed by atoms with van der Waals surface area (Å²) in [5, 5.41) is 13.8. The molecule has 0 aromatic rings. The fourth-order valence-corrected chi connectivity index (χ4v) is 3.91. The van der Waals surface area contributed by atoms with Gasteiger partial charge in [0.15, 0.2) is 0 Å². The van der Waals surface area contributed by atoms with Crippen LogP contribution in [0, 0.1) is 5.92 Å². The Balaban J connectivity index is 1.65. The van der Waals surface area contributed by atoms with Gasteiger partial charge in [-0.3, -0.25) is 0 Å². The number of thioether (sulfide) groups is 1. The summed E-state index contributed by atoms with van der Waals surface area (Å²) in [6.45, 7) is 1.82. The Morgan fingerprint density at radius 1 is 1.14 bits per heavy atom. The highest BCUT2D eigenvalue weighted by atomic mass is 32.2. The van der Waals surface area contributed by atoms with Crippen LogP contribution in [0.1, 0.15) is 32.1 Å². The van der Waals surface area contributed by atoms with E-state index in [0.29, 0.717) is 5.92 Å². The Morgan fingerprint density at radius 3 is 2.57 bits per heavy atom. The summed E-state index contributed by atoms with van der Waals surface area (Å²) >= 11 is 2.10. The maximum Gasteiger partial charge on any atom is 0.0712 e. The van der Waals surface area contributed by atoms with Gasteiger partial charge in [0.1, 0.15) is 0 Å². The van der Waals surface area contributed by atoms with Crippen LogP contribution >= 0.6 is 11.8 Å². The van der Waals surface area contributed by atoms with Crippen molar-refractivity contribution in [3.8, 4) is 0 Å². The van der Waals surface area contributed by atoms with E-state index >= 15 is 0 Å². The largest absolute Gasteiger partial charge is 0.391 e. The molecule has 2 rings (SSSR count).